The quantitative estimate of drug-likeness (QED) is 0.579. The van der Waals surface area contributed by atoms with Gasteiger partial charge < -0.3 is 0 Å². The lowest BCUT2D eigenvalue weighted by atomic mass is 10.3. The highest BCUT2D eigenvalue weighted by molar-refractivity contribution is 9.09. The molecule has 0 aliphatic rings. The van der Waals surface area contributed by atoms with Crippen LogP contribution in [0.4, 0.5) is 0 Å². The maximum absolute atomic E-state index is 5.74. The van der Waals surface area contributed by atoms with Crippen molar-refractivity contribution in [3.05, 3.63) is 29.3 Å². The Morgan fingerprint density at radius 3 is 3.09 bits per heavy atom. The number of halogens is 2. The van der Waals surface area contributed by atoms with E-state index in [0.29, 0.717) is 5.15 Å². The van der Waals surface area contributed by atoms with E-state index in [1.165, 1.54) is 6.33 Å². The third kappa shape index (κ3) is 2.60. The van der Waals surface area contributed by atoms with Crippen LogP contribution in [-0.2, 0) is 0 Å². The summed E-state index contributed by atoms with van der Waals surface area (Å²) in [6.45, 7) is 0. The molecule has 0 aliphatic carbocycles. The van der Waals surface area contributed by atoms with Gasteiger partial charge in [-0.1, -0.05) is 39.7 Å². The van der Waals surface area contributed by atoms with Crippen LogP contribution in [0.2, 0.25) is 5.15 Å². The van der Waals surface area contributed by atoms with E-state index in [9.17, 15) is 0 Å². The van der Waals surface area contributed by atoms with Gasteiger partial charge in [0.25, 0.3) is 0 Å². The fourth-order valence-electron chi connectivity index (χ4n) is 0.609. The van der Waals surface area contributed by atoms with E-state index in [2.05, 4.69) is 25.9 Å². The molecule has 4 heteroatoms. The van der Waals surface area contributed by atoms with Gasteiger partial charge in [0.15, 0.2) is 0 Å². The molecule has 1 aromatic heterocycles. The summed E-state index contributed by atoms with van der Waals surface area (Å²) >= 11 is 9.00. The Hall–Kier alpha value is -0.410. The van der Waals surface area contributed by atoms with Crippen molar-refractivity contribution in [1.82, 2.24) is 9.97 Å². The Morgan fingerprint density at radius 2 is 2.45 bits per heavy atom. The van der Waals surface area contributed by atoms with Crippen LogP contribution in [0.25, 0.3) is 6.08 Å². The van der Waals surface area contributed by atoms with Gasteiger partial charge in [-0.2, -0.15) is 0 Å². The van der Waals surface area contributed by atoms with Crippen molar-refractivity contribution in [2.75, 3.05) is 5.33 Å². The molecular weight excluding hydrogens is 227 g/mol. The molecule has 0 bridgehead atoms. The van der Waals surface area contributed by atoms with Crippen LogP contribution >= 0.6 is 27.5 Å². The third-order valence-corrected chi connectivity index (χ3v) is 1.77. The number of allylic oxidation sites excluding steroid dienone is 1. The Kier molecular flexibility index (Phi) is 3.52. The lowest BCUT2D eigenvalue weighted by Crippen LogP contribution is -1.82. The summed E-state index contributed by atoms with van der Waals surface area (Å²) in [5, 5.41) is 1.29. The summed E-state index contributed by atoms with van der Waals surface area (Å²) in [6, 6.07) is 0. The zero-order chi connectivity index (χ0) is 8.10. The van der Waals surface area contributed by atoms with Gasteiger partial charge >= 0.3 is 0 Å². The zero-order valence-corrected chi connectivity index (χ0v) is 8.01. The largest absolute Gasteiger partial charge is 0.244 e. The van der Waals surface area contributed by atoms with Gasteiger partial charge in [-0.15, -0.1) is 0 Å². The SMILES string of the molecule is Clc1ncncc1C=CCBr. The smallest absolute Gasteiger partial charge is 0.139 e. The summed E-state index contributed by atoms with van der Waals surface area (Å²) in [5.41, 5.74) is 0.841. The average molecular weight is 233 g/mol. The van der Waals surface area contributed by atoms with Crippen LogP contribution in [0, 0.1) is 0 Å². The topological polar surface area (TPSA) is 25.8 Å². The van der Waals surface area contributed by atoms with E-state index >= 15 is 0 Å². The molecule has 0 unspecified atom stereocenters. The van der Waals surface area contributed by atoms with Crippen LogP contribution in [0.3, 0.4) is 0 Å². The minimum atomic E-state index is 0.484. The highest BCUT2D eigenvalue weighted by Gasteiger charge is 1.93. The van der Waals surface area contributed by atoms with Crippen molar-refractivity contribution < 1.29 is 0 Å². The third-order valence-electron chi connectivity index (χ3n) is 1.08. The highest BCUT2D eigenvalue weighted by atomic mass is 79.9. The first-order valence-electron chi connectivity index (χ1n) is 3.02. The zero-order valence-electron chi connectivity index (χ0n) is 5.67. The molecule has 0 aromatic carbocycles. The van der Waals surface area contributed by atoms with Gasteiger partial charge in [0, 0.05) is 17.1 Å². The minimum absolute atomic E-state index is 0.484. The molecule has 0 amide bonds. The summed E-state index contributed by atoms with van der Waals surface area (Å²) in [7, 11) is 0. The van der Waals surface area contributed by atoms with Crippen LogP contribution in [0.1, 0.15) is 5.56 Å². The summed E-state index contributed by atoms with van der Waals surface area (Å²) in [5.74, 6) is 0. The van der Waals surface area contributed by atoms with Crippen LogP contribution in [-0.4, -0.2) is 15.3 Å². The molecular formula is C7H6BrClN2. The van der Waals surface area contributed by atoms with Gasteiger partial charge in [-0.05, 0) is 0 Å². The van der Waals surface area contributed by atoms with Gasteiger partial charge in [0.2, 0.25) is 0 Å². The maximum Gasteiger partial charge on any atom is 0.139 e. The number of alkyl halides is 1. The molecule has 1 heterocycles. The normalized spacial score (nSPS) is 10.7. The fourth-order valence-corrected chi connectivity index (χ4v) is 0.951. The molecule has 1 rings (SSSR count). The Morgan fingerprint density at radius 1 is 1.64 bits per heavy atom. The summed E-state index contributed by atoms with van der Waals surface area (Å²) in [4.78, 5) is 7.66. The number of aromatic nitrogens is 2. The van der Waals surface area contributed by atoms with Crippen molar-refractivity contribution in [1.29, 1.82) is 0 Å². The van der Waals surface area contributed by atoms with E-state index < -0.39 is 0 Å². The minimum Gasteiger partial charge on any atom is -0.244 e. The summed E-state index contributed by atoms with van der Waals surface area (Å²) in [6.07, 6.45) is 6.91. The Balaban J connectivity index is 2.86. The molecule has 1 aromatic rings. The first-order chi connectivity index (χ1) is 5.34. The van der Waals surface area contributed by atoms with Crippen molar-refractivity contribution in [2.45, 2.75) is 0 Å². The summed E-state index contributed by atoms with van der Waals surface area (Å²) < 4.78 is 0. The second-order valence-electron chi connectivity index (χ2n) is 1.83. The second kappa shape index (κ2) is 4.46. The van der Waals surface area contributed by atoms with E-state index in [4.69, 9.17) is 11.6 Å². The molecule has 0 N–H and O–H groups in total. The second-order valence-corrected chi connectivity index (χ2v) is 2.83. The van der Waals surface area contributed by atoms with Gasteiger partial charge in [0.05, 0.1) is 0 Å². The number of hydrogen-bond donors (Lipinski definition) is 0. The number of nitrogens with zero attached hydrogens (tertiary/aromatic N) is 2. The van der Waals surface area contributed by atoms with Gasteiger partial charge in [0.1, 0.15) is 11.5 Å². The van der Waals surface area contributed by atoms with E-state index in [1.807, 2.05) is 12.2 Å². The first-order valence-corrected chi connectivity index (χ1v) is 4.52. The van der Waals surface area contributed by atoms with Crippen LogP contribution in [0.5, 0.6) is 0 Å². The molecule has 2 nitrogen and oxygen atoms in total. The molecule has 0 atom stereocenters. The van der Waals surface area contributed by atoms with Gasteiger partial charge in [-0.3, -0.25) is 0 Å². The predicted octanol–water partition coefficient (Wildman–Crippen LogP) is 2.54. The highest BCUT2D eigenvalue weighted by Crippen LogP contribution is 2.11. The predicted molar refractivity (Wildman–Crippen MR) is 49.9 cm³/mol. The molecule has 0 saturated heterocycles. The first kappa shape index (κ1) is 8.68. The van der Waals surface area contributed by atoms with E-state index in [0.717, 1.165) is 10.9 Å². The van der Waals surface area contributed by atoms with Crippen molar-refractivity contribution >= 4 is 33.6 Å². The number of rotatable bonds is 2. The average Bonchev–Trinajstić information content (AvgIpc) is 2.03. The Bertz CT molecular complexity index is 262. The van der Waals surface area contributed by atoms with Gasteiger partial charge in [-0.25, -0.2) is 9.97 Å². The van der Waals surface area contributed by atoms with Crippen molar-refractivity contribution in [3.8, 4) is 0 Å². The molecule has 58 valence electrons. The van der Waals surface area contributed by atoms with Crippen LogP contribution in [0.15, 0.2) is 18.6 Å². The van der Waals surface area contributed by atoms with Crippen molar-refractivity contribution in [2.24, 2.45) is 0 Å². The Labute approximate surface area is 78.4 Å². The molecule has 0 radical (unpaired) electrons. The van der Waals surface area contributed by atoms with E-state index in [1.54, 1.807) is 6.20 Å². The standard InChI is InChI=1S/C7H6BrClN2/c8-3-1-2-6-4-10-5-11-7(6)9/h1-2,4-5H,3H2. The van der Waals surface area contributed by atoms with Crippen LogP contribution < -0.4 is 0 Å². The van der Waals surface area contributed by atoms with Crippen molar-refractivity contribution in [3.63, 3.8) is 0 Å². The maximum atomic E-state index is 5.74. The fraction of sp³-hybridized carbons (Fsp3) is 0.143. The lowest BCUT2D eigenvalue weighted by Gasteiger charge is -1.92. The molecule has 0 aliphatic heterocycles. The monoisotopic (exact) mass is 232 g/mol. The number of hydrogen-bond acceptors (Lipinski definition) is 2. The molecule has 0 spiro atoms. The molecule has 0 saturated carbocycles. The van der Waals surface area contributed by atoms with E-state index in [-0.39, 0.29) is 0 Å². The molecule has 11 heavy (non-hydrogen) atoms. The molecule has 0 fully saturated rings. The lowest BCUT2D eigenvalue weighted by molar-refractivity contribution is 1.16.